The van der Waals surface area contributed by atoms with E-state index in [1.54, 1.807) is 0 Å². The number of hydrogen-bond acceptors (Lipinski definition) is 1. The first-order valence-corrected chi connectivity index (χ1v) is 20.9. The second-order valence-electron chi connectivity index (χ2n) is 15.9. The van der Waals surface area contributed by atoms with Crippen LogP contribution in [-0.2, 0) is 0 Å². The number of hydrogen-bond donors (Lipinski definition) is 0. The lowest BCUT2D eigenvalue weighted by molar-refractivity contribution is 1.17. The van der Waals surface area contributed by atoms with Gasteiger partial charge in [-0.2, -0.15) is 5.26 Å². The number of aromatic nitrogens is 2. The number of benzene rings is 9. The second kappa shape index (κ2) is 14.7. The van der Waals surface area contributed by atoms with E-state index in [-0.39, 0.29) is 0 Å². The zero-order chi connectivity index (χ0) is 41.9. The molecule has 0 amide bonds. The number of aryl methyl sites for hydroxylation is 2. The topological polar surface area (TPSA) is 38.0 Å². The van der Waals surface area contributed by atoms with Crippen molar-refractivity contribution in [3.8, 4) is 62.0 Å². The van der Waals surface area contributed by atoms with Gasteiger partial charge in [0.25, 0.3) is 0 Å². The SMILES string of the molecule is [C-]#[N+]c1c(C#N)c(-c2ccccc2)c(-c2ccc(-n3c4ccccc4c4cccc(C)c43)cc2)c(-c2ccc(-n3c4ccccc4c4cccc(C)c43)cc2)c1-c1ccccc1. The summed E-state index contributed by atoms with van der Waals surface area (Å²) in [7, 11) is 0. The number of fused-ring (bicyclic) bond motifs is 6. The van der Waals surface area contributed by atoms with Crippen molar-refractivity contribution in [2.75, 3.05) is 0 Å². The minimum absolute atomic E-state index is 0.343. The molecule has 11 rings (SSSR count). The zero-order valence-electron chi connectivity index (χ0n) is 34.3. The molecule has 0 bridgehead atoms. The number of rotatable bonds is 6. The van der Waals surface area contributed by atoms with Crippen LogP contribution in [0, 0.1) is 31.8 Å². The summed E-state index contributed by atoms with van der Waals surface area (Å²) in [5, 5.41) is 16.0. The maximum absolute atomic E-state index is 11.1. The fourth-order valence-electron chi connectivity index (χ4n) is 9.78. The third-order valence-electron chi connectivity index (χ3n) is 12.4. The predicted molar refractivity (Wildman–Crippen MR) is 257 cm³/mol. The summed E-state index contributed by atoms with van der Waals surface area (Å²) in [6, 6.07) is 70.4. The molecule has 290 valence electrons. The second-order valence-corrected chi connectivity index (χ2v) is 15.9. The van der Waals surface area contributed by atoms with Crippen molar-refractivity contribution in [2.45, 2.75) is 13.8 Å². The highest BCUT2D eigenvalue weighted by Crippen LogP contribution is 2.53. The monoisotopic (exact) mass is 790 g/mol. The lowest BCUT2D eigenvalue weighted by Crippen LogP contribution is -2.00. The average Bonchev–Trinajstić information content (AvgIpc) is 3.86. The van der Waals surface area contributed by atoms with Gasteiger partial charge in [-0.25, -0.2) is 4.85 Å². The Labute approximate surface area is 360 Å². The summed E-state index contributed by atoms with van der Waals surface area (Å²) in [5.74, 6) is 0. The van der Waals surface area contributed by atoms with Gasteiger partial charge >= 0.3 is 0 Å². The molecule has 62 heavy (non-hydrogen) atoms. The predicted octanol–water partition coefficient (Wildman–Crippen LogP) is 15.6. The van der Waals surface area contributed by atoms with Crippen LogP contribution >= 0.6 is 0 Å². The van der Waals surface area contributed by atoms with Crippen LogP contribution in [0.1, 0.15) is 16.7 Å². The van der Waals surface area contributed by atoms with E-state index in [2.05, 4.69) is 167 Å². The highest BCUT2D eigenvalue weighted by atomic mass is 15.0. The standard InChI is InChI=1S/C58H38N4/c1-37-16-14-24-47-45-22-10-12-26-50(45)61(57(37)47)43-32-28-41(29-33-43)53-52(39-18-6-4-7-19-39)49(36-59)56(60-3)55(40-20-8-5-9-21-40)54(53)42-30-34-44(35-31-42)62-51-27-13-11-23-46(51)48-25-15-17-38(2)58(48)62/h4-35H,1-2H3. The van der Waals surface area contributed by atoms with Crippen LogP contribution in [0.5, 0.6) is 0 Å². The van der Waals surface area contributed by atoms with Gasteiger partial charge in [0.05, 0.1) is 40.3 Å². The fourth-order valence-corrected chi connectivity index (χ4v) is 9.78. The van der Waals surface area contributed by atoms with Gasteiger partial charge in [0.1, 0.15) is 0 Å². The molecular formula is C58H38N4. The molecule has 0 saturated heterocycles. The van der Waals surface area contributed by atoms with Gasteiger partial charge in [-0.3, -0.25) is 0 Å². The Bertz CT molecular complexity index is 3390. The first kappa shape index (κ1) is 36.6. The summed E-state index contributed by atoms with van der Waals surface area (Å²) in [6.07, 6.45) is 0. The molecule has 0 spiro atoms. The van der Waals surface area contributed by atoms with Crippen LogP contribution in [-0.4, -0.2) is 9.13 Å². The number of para-hydroxylation sites is 4. The molecule has 0 saturated carbocycles. The van der Waals surface area contributed by atoms with Crippen LogP contribution in [0.4, 0.5) is 5.69 Å². The van der Waals surface area contributed by atoms with Crippen LogP contribution in [0.3, 0.4) is 0 Å². The van der Waals surface area contributed by atoms with Crippen LogP contribution < -0.4 is 0 Å². The average molecular weight is 791 g/mol. The van der Waals surface area contributed by atoms with Gasteiger partial charge in [-0.05, 0) is 106 Å². The lowest BCUT2D eigenvalue weighted by atomic mass is 9.79. The molecule has 2 heterocycles. The third-order valence-corrected chi connectivity index (χ3v) is 12.4. The minimum atomic E-state index is 0.343. The van der Waals surface area contributed by atoms with Crippen molar-refractivity contribution in [3.63, 3.8) is 0 Å². The molecule has 2 aromatic heterocycles. The molecule has 0 atom stereocenters. The Morgan fingerprint density at radius 2 is 0.790 bits per heavy atom. The third kappa shape index (κ3) is 5.59. The van der Waals surface area contributed by atoms with E-state index in [4.69, 9.17) is 6.57 Å². The normalized spacial score (nSPS) is 11.4. The van der Waals surface area contributed by atoms with Crippen molar-refractivity contribution < 1.29 is 0 Å². The van der Waals surface area contributed by atoms with Gasteiger partial charge in [-0.15, -0.1) is 0 Å². The molecular weight excluding hydrogens is 753 g/mol. The first-order valence-electron chi connectivity index (χ1n) is 20.9. The van der Waals surface area contributed by atoms with E-state index in [1.807, 2.05) is 60.7 Å². The minimum Gasteiger partial charge on any atom is -0.309 e. The van der Waals surface area contributed by atoms with E-state index in [0.717, 1.165) is 66.9 Å². The van der Waals surface area contributed by atoms with Gasteiger partial charge in [0, 0.05) is 32.9 Å². The summed E-state index contributed by atoms with van der Waals surface area (Å²) in [4.78, 5) is 4.20. The highest BCUT2D eigenvalue weighted by Gasteiger charge is 2.28. The van der Waals surface area contributed by atoms with Crippen molar-refractivity contribution >= 4 is 49.3 Å². The van der Waals surface area contributed by atoms with E-state index in [1.165, 1.54) is 43.7 Å². The Balaban J connectivity index is 1.21. The van der Waals surface area contributed by atoms with Gasteiger partial charge in [0.2, 0.25) is 5.69 Å². The molecule has 4 nitrogen and oxygen atoms in total. The van der Waals surface area contributed by atoms with Crippen LogP contribution in [0.15, 0.2) is 194 Å². The molecule has 0 aliphatic rings. The molecule has 0 aliphatic carbocycles. The molecule has 0 radical (unpaired) electrons. The van der Waals surface area contributed by atoms with Crippen molar-refractivity contribution in [1.82, 2.24) is 9.13 Å². The number of nitriles is 1. The van der Waals surface area contributed by atoms with Crippen molar-refractivity contribution in [2.24, 2.45) is 0 Å². The van der Waals surface area contributed by atoms with Crippen LogP contribution in [0.2, 0.25) is 0 Å². The molecule has 0 unspecified atom stereocenters. The maximum Gasteiger partial charge on any atom is 0.213 e. The molecule has 0 N–H and O–H groups in total. The summed E-state index contributed by atoms with van der Waals surface area (Å²) >= 11 is 0. The van der Waals surface area contributed by atoms with Gasteiger partial charge in [0.15, 0.2) is 0 Å². The summed E-state index contributed by atoms with van der Waals surface area (Å²) in [6.45, 7) is 13.0. The molecule has 0 aliphatic heterocycles. The Kier molecular flexibility index (Phi) is 8.67. The summed E-state index contributed by atoms with van der Waals surface area (Å²) in [5.41, 5.74) is 16.8. The van der Waals surface area contributed by atoms with Crippen LogP contribution in [0.25, 0.3) is 104 Å². The van der Waals surface area contributed by atoms with E-state index in [9.17, 15) is 5.26 Å². The smallest absolute Gasteiger partial charge is 0.213 e. The van der Waals surface area contributed by atoms with Gasteiger partial charge < -0.3 is 9.13 Å². The Hall–Kier alpha value is -8.44. The molecule has 11 aromatic rings. The summed E-state index contributed by atoms with van der Waals surface area (Å²) < 4.78 is 4.71. The first-order chi connectivity index (χ1) is 30.6. The van der Waals surface area contributed by atoms with E-state index >= 15 is 0 Å². The van der Waals surface area contributed by atoms with E-state index < -0.39 is 0 Å². The largest absolute Gasteiger partial charge is 0.309 e. The Morgan fingerprint density at radius 3 is 1.24 bits per heavy atom. The van der Waals surface area contributed by atoms with Crippen molar-refractivity contribution in [3.05, 3.63) is 222 Å². The molecule has 0 fully saturated rings. The maximum atomic E-state index is 11.1. The Morgan fingerprint density at radius 1 is 0.403 bits per heavy atom. The molecule has 4 heteroatoms. The highest BCUT2D eigenvalue weighted by molar-refractivity contribution is 6.13. The van der Waals surface area contributed by atoms with E-state index in [0.29, 0.717) is 11.3 Å². The zero-order valence-corrected chi connectivity index (χ0v) is 34.3. The van der Waals surface area contributed by atoms with Gasteiger partial charge in [-0.1, -0.05) is 158 Å². The fraction of sp³-hybridized carbons (Fsp3) is 0.0345. The number of nitrogens with zero attached hydrogens (tertiary/aromatic N) is 4. The quantitative estimate of drug-likeness (QED) is 0.155. The lowest BCUT2D eigenvalue weighted by Gasteiger charge is -2.24. The molecule has 9 aromatic carbocycles. The van der Waals surface area contributed by atoms with Crippen molar-refractivity contribution in [1.29, 1.82) is 5.26 Å².